The molecule has 2 aromatic rings. The fourth-order valence-electron chi connectivity index (χ4n) is 4.40. The fraction of sp³-hybridized carbons (Fsp3) is 0.429. The first kappa shape index (κ1) is 20.7. The highest BCUT2D eigenvalue weighted by molar-refractivity contribution is 7.89. The Kier molecular flexibility index (Phi) is 6.01. The maximum Gasteiger partial charge on any atom is 0.243 e. The van der Waals surface area contributed by atoms with E-state index < -0.39 is 20.7 Å². The van der Waals surface area contributed by atoms with E-state index in [1.807, 2.05) is 17.0 Å². The Morgan fingerprint density at radius 2 is 1.80 bits per heavy atom. The predicted octanol–water partition coefficient (Wildman–Crippen LogP) is 2.49. The van der Waals surface area contributed by atoms with Crippen LogP contribution >= 0.6 is 0 Å². The molecular formula is C21H24FN3O4S. The largest absolute Gasteiger partial charge is 0.490 e. The minimum Gasteiger partial charge on any atom is -0.490 e. The molecule has 1 amide bonds. The molecule has 2 aliphatic rings. The highest BCUT2D eigenvalue weighted by Crippen LogP contribution is 2.37. The van der Waals surface area contributed by atoms with Gasteiger partial charge in [-0.05, 0) is 37.1 Å². The van der Waals surface area contributed by atoms with Gasteiger partial charge in [-0.15, -0.1) is 0 Å². The lowest BCUT2D eigenvalue weighted by Crippen LogP contribution is -2.49. The zero-order valence-corrected chi connectivity index (χ0v) is 17.2. The molecule has 1 aromatic carbocycles. The van der Waals surface area contributed by atoms with Crippen molar-refractivity contribution < 1.29 is 22.3 Å². The number of benzene rings is 1. The van der Waals surface area contributed by atoms with Gasteiger partial charge in [-0.25, -0.2) is 17.5 Å². The maximum absolute atomic E-state index is 13.8. The average molecular weight is 434 g/mol. The molecule has 2 fully saturated rings. The van der Waals surface area contributed by atoms with Crippen molar-refractivity contribution in [3.8, 4) is 5.75 Å². The van der Waals surface area contributed by atoms with Crippen LogP contribution in [0.25, 0.3) is 0 Å². The molecule has 2 unspecified atom stereocenters. The number of nitrogens with one attached hydrogen (secondary N) is 1. The van der Waals surface area contributed by atoms with E-state index in [-0.39, 0.29) is 37.1 Å². The van der Waals surface area contributed by atoms with Gasteiger partial charge in [0, 0.05) is 50.3 Å². The van der Waals surface area contributed by atoms with Gasteiger partial charge in [0.15, 0.2) is 0 Å². The van der Waals surface area contributed by atoms with Gasteiger partial charge in [-0.2, -0.15) is 0 Å². The number of amides is 1. The van der Waals surface area contributed by atoms with Crippen molar-refractivity contribution in [1.82, 2.24) is 14.6 Å². The predicted molar refractivity (Wildman–Crippen MR) is 108 cm³/mol. The Hall–Kier alpha value is -2.52. The van der Waals surface area contributed by atoms with Crippen LogP contribution in [0.2, 0.25) is 0 Å². The lowest BCUT2D eigenvalue weighted by molar-refractivity contribution is -0.136. The molecule has 0 radical (unpaired) electrons. The second-order valence-corrected chi connectivity index (χ2v) is 9.39. The number of hydrogen-bond donors (Lipinski definition) is 1. The third kappa shape index (κ3) is 4.46. The number of carbonyl (C=O) groups excluding carboxylic acids is 1. The Balaban J connectivity index is 1.31. The number of fused-ring (bicyclic) bond motifs is 2. The molecule has 30 heavy (non-hydrogen) atoms. The standard InChI is InChI=1S/C21H24FN3O4S/c22-19-3-1-2-4-20(19)30(27,28)24-12-9-21(26)25-15-5-6-16(25)14-18(13-15)29-17-7-10-23-11-8-17/h1-4,7-8,10-11,15-16,18,24H,5-6,9,12-14H2. The third-order valence-electron chi connectivity index (χ3n) is 5.69. The second kappa shape index (κ2) is 8.69. The van der Waals surface area contributed by atoms with Gasteiger partial charge in [0.25, 0.3) is 0 Å². The van der Waals surface area contributed by atoms with Gasteiger partial charge in [-0.1, -0.05) is 12.1 Å². The summed E-state index contributed by atoms with van der Waals surface area (Å²) in [7, 11) is -3.99. The summed E-state index contributed by atoms with van der Waals surface area (Å²) in [5.74, 6) is -0.122. The Bertz CT molecular complexity index is 988. The molecular weight excluding hydrogens is 409 g/mol. The van der Waals surface area contributed by atoms with Crippen molar-refractivity contribution in [3.05, 3.63) is 54.6 Å². The van der Waals surface area contributed by atoms with Gasteiger partial charge < -0.3 is 9.64 Å². The van der Waals surface area contributed by atoms with E-state index in [0.29, 0.717) is 0 Å². The summed E-state index contributed by atoms with van der Waals surface area (Å²) in [5, 5.41) is 0. The number of carbonyl (C=O) groups is 1. The van der Waals surface area contributed by atoms with Crippen LogP contribution in [0.3, 0.4) is 0 Å². The van der Waals surface area contributed by atoms with E-state index in [0.717, 1.165) is 37.5 Å². The fourth-order valence-corrected chi connectivity index (χ4v) is 5.51. The Morgan fingerprint density at radius 3 is 2.47 bits per heavy atom. The molecule has 160 valence electrons. The van der Waals surface area contributed by atoms with Gasteiger partial charge in [0.05, 0.1) is 0 Å². The first-order valence-electron chi connectivity index (χ1n) is 10.1. The zero-order valence-electron chi connectivity index (χ0n) is 16.4. The molecule has 1 N–H and O–H groups in total. The summed E-state index contributed by atoms with van der Waals surface area (Å²) in [5.41, 5.74) is 0. The summed E-state index contributed by atoms with van der Waals surface area (Å²) >= 11 is 0. The number of piperidine rings is 1. The van der Waals surface area contributed by atoms with Gasteiger partial charge in [0.2, 0.25) is 15.9 Å². The van der Waals surface area contributed by atoms with Crippen LogP contribution in [0, 0.1) is 5.82 Å². The molecule has 1 aromatic heterocycles. The number of halogens is 1. The summed E-state index contributed by atoms with van der Waals surface area (Å²) in [6.07, 6.45) is 6.82. The van der Waals surface area contributed by atoms with Crippen LogP contribution in [-0.4, -0.2) is 48.9 Å². The normalized spacial score (nSPS) is 23.4. The van der Waals surface area contributed by atoms with Crippen molar-refractivity contribution >= 4 is 15.9 Å². The lowest BCUT2D eigenvalue weighted by atomic mass is 9.99. The Labute approximate surface area is 175 Å². The molecule has 2 bridgehead atoms. The van der Waals surface area contributed by atoms with Crippen molar-refractivity contribution in [1.29, 1.82) is 0 Å². The van der Waals surface area contributed by atoms with Crippen LogP contribution in [0.4, 0.5) is 4.39 Å². The highest BCUT2D eigenvalue weighted by Gasteiger charge is 2.43. The monoisotopic (exact) mass is 433 g/mol. The van der Waals surface area contributed by atoms with E-state index in [9.17, 15) is 17.6 Å². The van der Waals surface area contributed by atoms with Gasteiger partial charge in [0.1, 0.15) is 22.6 Å². The molecule has 0 spiro atoms. The minimum atomic E-state index is -3.99. The number of pyridine rings is 1. The van der Waals surface area contributed by atoms with Gasteiger partial charge in [-0.3, -0.25) is 9.78 Å². The topological polar surface area (TPSA) is 88.6 Å². The molecule has 0 aliphatic carbocycles. The number of hydrogen-bond acceptors (Lipinski definition) is 5. The molecule has 2 aliphatic heterocycles. The first-order valence-corrected chi connectivity index (χ1v) is 11.5. The Morgan fingerprint density at radius 1 is 1.13 bits per heavy atom. The summed E-state index contributed by atoms with van der Waals surface area (Å²) in [4.78, 5) is 18.2. The molecule has 2 atom stereocenters. The smallest absolute Gasteiger partial charge is 0.243 e. The van der Waals surface area contributed by atoms with Crippen LogP contribution in [-0.2, 0) is 14.8 Å². The molecule has 7 nitrogen and oxygen atoms in total. The van der Waals surface area contributed by atoms with Crippen LogP contribution in [0.1, 0.15) is 32.1 Å². The van der Waals surface area contributed by atoms with Crippen LogP contribution < -0.4 is 9.46 Å². The summed E-state index contributed by atoms with van der Waals surface area (Å²) < 4.78 is 46.7. The third-order valence-corrected chi connectivity index (χ3v) is 7.18. The zero-order chi connectivity index (χ0) is 21.1. The molecule has 0 saturated carbocycles. The SMILES string of the molecule is O=C(CCNS(=O)(=O)c1ccccc1F)N1C2CCC1CC(Oc1ccncc1)C2. The van der Waals surface area contributed by atoms with Gasteiger partial charge >= 0.3 is 0 Å². The van der Waals surface area contributed by atoms with Crippen molar-refractivity contribution in [3.63, 3.8) is 0 Å². The van der Waals surface area contributed by atoms with E-state index in [1.165, 1.54) is 18.2 Å². The van der Waals surface area contributed by atoms with Crippen LogP contribution in [0.5, 0.6) is 5.75 Å². The first-order chi connectivity index (χ1) is 14.4. The highest BCUT2D eigenvalue weighted by atomic mass is 32.2. The average Bonchev–Trinajstić information content (AvgIpc) is 2.99. The van der Waals surface area contributed by atoms with E-state index >= 15 is 0 Å². The molecule has 3 heterocycles. The number of aromatic nitrogens is 1. The molecule has 9 heteroatoms. The van der Waals surface area contributed by atoms with E-state index in [4.69, 9.17) is 4.74 Å². The summed E-state index contributed by atoms with van der Waals surface area (Å²) in [6, 6.07) is 9.02. The quantitative estimate of drug-likeness (QED) is 0.725. The number of sulfonamides is 1. The second-order valence-electron chi connectivity index (χ2n) is 7.66. The van der Waals surface area contributed by atoms with Crippen molar-refractivity contribution in [2.75, 3.05) is 6.54 Å². The lowest BCUT2D eigenvalue weighted by Gasteiger charge is -2.39. The molecule has 2 saturated heterocycles. The maximum atomic E-state index is 13.8. The number of rotatable bonds is 7. The minimum absolute atomic E-state index is 0.0383. The number of ether oxygens (including phenoxy) is 1. The summed E-state index contributed by atoms with van der Waals surface area (Å²) in [6.45, 7) is -0.0671. The van der Waals surface area contributed by atoms with Crippen LogP contribution in [0.15, 0.2) is 53.7 Å². The van der Waals surface area contributed by atoms with Crippen molar-refractivity contribution in [2.45, 2.75) is 55.2 Å². The number of nitrogens with zero attached hydrogens (tertiary/aromatic N) is 2. The van der Waals surface area contributed by atoms with E-state index in [1.54, 1.807) is 12.4 Å². The van der Waals surface area contributed by atoms with Crippen molar-refractivity contribution in [2.24, 2.45) is 0 Å². The van der Waals surface area contributed by atoms with E-state index in [2.05, 4.69) is 9.71 Å². The molecule has 4 rings (SSSR count).